The number of anilines is 1. The minimum atomic E-state index is -0.788. The number of halogens is 1. The Bertz CT molecular complexity index is 1130. The van der Waals surface area contributed by atoms with Crippen molar-refractivity contribution in [3.8, 4) is 24.2 Å². The van der Waals surface area contributed by atoms with Crippen molar-refractivity contribution in [1.82, 2.24) is 15.5 Å². The zero-order valence-corrected chi connectivity index (χ0v) is 20.2. The van der Waals surface area contributed by atoms with Gasteiger partial charge in [0, 0.05) is 44.6 Å². The zero-order valence-electron chi connectivity index (χ0n) is 19.4. The van der Waals surface area contributed by atoms with Gasteiger partial charge < -0.3 is 20.1 Å². The molecule has 2 heterocycles. The van der Waals surface area contributed by atoms with Crippen LogP contribution in [0.5, 0.6) is 5.75 Å². The molecule has 0 bridgehead atoms. The average Bonchev–Trinajstić information content (AvgIpc) is 2.90. The molecular formula is C26H28ClN5O3. The van der Waals surface area contributed by atoms with E-state index in [4.69, 9.17) is 28.0 Å². The van der Waals surface area contributed by atoms with E-state index in [1.54, 1.807) is 24.3 Å². The van der Waals surface area contributed by atoms with Crippen molar-refractivity contribution >= 4 is 23.3 Å². The van der Waals surface area contributed by atoms with Gasteiger partial charge in [-0.25, -0.2) is 0 Å². The van der Waals surface area contributed by atoms with E-state index < -0.39 is 5.60 Å². The fourth-order valence-electron chi connectivity index (χ4n) is 4.60. The number of aliphatic hydroxyl groups excluding tert-OH is 1. The maximum absolute atomic E-state index is 12.7. The van der Waals surface area contributed by atoms with Crippen LogP contribution in [0, 0.1) is 29.6 Å². The van der Waals surface area contributed by atoms with Crippen molar-refractivity contribution in [3.63, 3.8) is 0 Å². The summed E-state index contributed by atoms with van der Waals surface area (Å²) < 4.78 is 6.11. The van der Waals surface area contributed by atoms with Crippen LogP contribution < -0.4 is 15.0 Å². The van der Waals surface area contributed by atoms with Gasteiger partial charge in [0.1, 0.15) is 11.8 Å². The van der Waals surface area contributed by atoms with Crippen molar-refractivity contribution in [1.29, 1.82) is 5.26 Å². The Morgan fingerprint density at radius 2 is 1.97 bits per heavy atom. The van der Waals surface area contributed by atoms with Gasteiger partial charge in [-0.2, -0.15) is 5.26 Å². The number of nitrogens with one attached hydrogen (secondary N) is 1. The highest BCUT2D eigenvalue weighted by Gasteiger charge is 2.36. The van der Waals surface area contributed by atoms with E-state index in [-0.39, 0.29) is 24.2 Å². The van der Waals surface area contributed by atoms with E-state index in [0.717, 1.165) is 31.7 Å². The minimum Gasteiger partial charge on any atom is -0.475 e. The van der Waals surface area contributed by atoms with Gasteiger partial charge in [0.25, 0.3) is 5.91 Å². The van der Waals surface area contributed by atoms with Crippen LogP contribution in [0.1, 0.15) is 54.6 Å². The SMILES string of the molecule is C#CC1(Oc2ccc(C#N)c(Cl)c2)CCC(NC(=O)c2ccc(N3CCC(CO)CC3)nn2)CC1. The maximum atomic E-state index is 12.7. The van der Waals surface area contributed by atoms with Crippen molar-refractivity contribution in [3.05, 3.63) is 46.6 Å². The molecule has 1 amide bonds. The van der Waals surface area contributed by atoms with Crippen LogP contribution in [0.3, 0.4) is 0 Å². The highest BCUT2D eigenvalue weighted by molar-refractivity contribution is 6.31. The summed E-state index contributed by atoms with van der Waals surface area (Å²) in [4.78, 5) is 14.9. The predicted molar refractivity (Wildman–Crippen MR) is 132 cm³/mol. The van der Waals surface area contributed by atoms with E-state index in [1.165, 1.54) is 0 Å². The molecule has 0 atom stereocenters. The zero-order chi connectivity index (χ0) is 24.8. The monoisotopic (exact) mass is 493 g/mol. The molecule has 2 aromatic rings. The van der Waals surface area contributed by atoms with E-state index in [9.17, 15) is 9.90 Å². The number of carbonyl (C=O) groups excluding carboxylic acids is 1. The molecular weight excluding hydrogens is 466 g/mol. The number of nitriles is 1. The molecule has 1 aromatic carbocycles. The first-order chi connectivity index (χ1) is 16.9. The third kappa shape index (κ3) is 5.85. The minimum absolute atomic E-state index is 0.0453. The number of ether oxygens (including phenoxy) is 1. The number of aliphatic hydroxyl groups is 1. The maximum Gasteiger partial charge on any atom is 0.272 e. The van der Waals surface area contributed by atoms with Crippen LogP contribution >= 0.6 is 11.6 Å². The summed E-state index contributed by atoms with van der Waals surface area (Å²) in [5.41, 5.74) is -0.136. The lowest BCUT2D eigenvalue weighted by Gasteiger charge is -2.36. The Morgan fingerprint density at radius 1 is 1.23 bits per heavy atom. The molecule has 1 saturated heterocycles. The molecule has 1 aliphatic heterocycles. The van der Waals surface area contributed by atoms with Crippen LogP contribution in [0.4, 0.5) is 5.82 Å². The Kier molecular flexibility index (Phi) is 7.75. The second-order valence-corrected chi connectivity index (χ2v) is 9.54. The molecule has 2 aliphatic rings. The summed E-state index contributed by atoms with van der Waals surface area (Å²) in [6, 6.07) is 10.4. The van der Waals surface area contributed by atoms with E-state index in [1.807, 2.05) is 12.1 Å². The number of hydrogen-bond donors (Lipinski definition) is 2. The van der Waals surface area contributed by atoms with Crippen LogP contribution in [-0.4, -0.2) is 52.6 Å². The lowest BCUT2D eigenvalue weighted by molar-refractivity contribution is 0.0696. The molecule has 1 saturated carbocycles. The first-order valence-electron chi connectivity index (χ1n) is 11.8. The Balaban J connectivity index is 1.30. The standard InChI is InChI=1S/C26H28ClN5O3/c1-2-26(35-21-4-3-19(16-28)22(27)15-21)11-7-20(8-12-26)29-25(34)23-5-6-24(31-30-23)32-13-9-18(17-33)10-14-32/h1,3-6,15,18,20,33H,7-14,17H2,(H,29,34). The highest BCUT2D eigenvalue weighted by Crippen LogP contribution is 2.34. The Hall–Kier alpha value is -3.33. The van der Waals surface area contributed by atoms with E-state index in [2.05, 4.69) is 26.3 Å². The van der Waals surface area contributed by atoms with Crippen LogP contribution in [-0.2, 0) is 0 Å². The van der Waals surface area contributed by atoms with Gasteiger partial charge in [-0.1, -0.05) is 17.5 Å². The van der Waals surface area contributed by atoms with Crippen LogP contribution in [0.25, 0.3) is 0 Å². The molecule has 0 spiro atoms. The van der Waals surface area contributed by atoms with Gasteiger partial charge in [-0.3, -0.25) is 4.79 Å². The number of terminal acetylenes is 1. The summed E-state index contributed by atoms with van der Waals surface area (Å²) in [5, 5.41) is 30.1. The first-order valence-corrected chi connectivity index (χ1v) is 12.2. The van der Waals surface area contributed by atoms with Gasteiger partial charge in [-0.05, 0) is 55.9 Å². The number of amides is 1. The molecule has 4 rings (SSSR count). The van der Waals surface area contributed by atoms with E-state index in [0.29, 0.717) is 47.9 Å². The first kappa shape index (κ1) is 24.8. The van der Waals surface area contributed by atoms with E-state index >= 15 is 0 Å². The largest absolute Gasteiger partial charge is 0.475 e. The summed E-state index contributed by atoms with van der Waals surface area (Å²) in [5.74, 6) is 4.13. The lowest BCUT2D eigenvalue weighted by atomic mass is 9.82. The van der Waals surface area contributed by atoms with Crippen LogP contribution in [0.2, 0.25) is 5.02 Å². The quantitative estimate of drug-likeness (QED) is 0.593. The molecule has 35 heavy (non-hydrogen) atoms. The van der Waals surface area contributed by atoms with Crippen molar-refractivity contribution in [2.45, 2.75) is 50.2 Å². The summed E-state index contributed by atoms with van der Waals surface area (Å²) in [6.45, 7) is 1.86. The normalized spacial score (nSPS) is 22.6. The summed E-state index contributed by atoms with van der Waals surface area (Å²) >= 11 is 6.12. The molecule has 0 unspecified atom stereocenters. The van der Waals surface area contributed by atoms with Gasteiger partial charge in [0.2, 0.25) is 0 Å². The van der Waals surface area contributed by atoms with Gasteiger partial charge in [0.15, 0.2) is 17.1 Å². The van der Waals surface area contributed by atoms with Crippen molar-refractivity contribution < 1.29 is 14.6 Å². The number of benzene rings is 1. The summed E-state index contributed by atoms with van der Waals surface area (Å²) in [6.07, 6.45) is 10.1. The third-order valence-electron chi connectivity index (χ3n) is 6.85. The predicted octanol–water partition coefficient (Wildman–Crippen LogP) is 3.33. The van der Waals surface area contributed by atoms with Crippen LogP contribution in [0.15, 0.2) is 30.3 Å². The fraction of sp³-hybridized carbons (Fsp3) is 0.462. The number of aromatic nitrogens is 2. The fourth-order valence-corrected chi connectivity index (χ4v) is 4.81. The third-order valence-corrected chi connectivity index (χ3v) is 7.16. The Morgan fingerprint density at radius 3 is 2.54 bits per heavy atom. The molecule has 0 radical (unpaired) electrons. The second-order valence-electron chi connectivity index (χ2n) is 9.13. The van der Waals surface area contributed by atoms with Gasteiger partial charge >= 0.3 is 0 Å². The van der Waals surface area contributed by atoms with Crippen molar-refractivity contribution in [2.24, 2.45) is 5.92 Å². The number of nitrogens with zero attached hydrogens (tertiary/aromatic N) is 4. The molecule has 1 aliphatic carbocycles. The molecule has 2 N–H and O–H groups in total. The second kappa shape index (κ2) is 10.9. The highest BCUT2D eigenvalue weighted by atomic mass is 35.5. The molecule has 8 nitrogen and oxygen atoms in total. The summed E-state index contributed by atoms with van der Waals surface area (Å²) in [7, 11) is 0. The Labute approximate surface area is 210 Å². The average molecular weight is 494 g/mol. The number of rotatable bonds is 6. The topological polar surface area (TPSA) is 111 Å². The number of carbonyl (C=O) groups is 1. The smallest absolute Gasteiger partial charge is 0.272 e. The number of hydrogen-bond acceptors (Lipinski definition) is 7. The molecule has 1 aromatic heterocycles. The molecule has 9 heteroatoms. The van der Waals surface area contributed by atoms with Gasteiger partial charge in [0.05, 0.1) is 10.6 Å². The molecule has 182 valence electrons. The van der Waals surface area contributed by atoms with Gasteiger partial charge in [-0.15, -0.1) is 16.6 Å². The lowest BCUT2D eigenvalue weighted by Crippen LogP contribution is -2.45. The van der Waals surface area contributed by atoms with Crippen molar-refractivity contribution in [2.75, 3.05) is 24.6 Å². The molecule has 2 fully saturated rings. The number of piperidine rings is 1.